The molecule has 2 N–H and O–H groups in total. The predicted molar refractivity (Wildman–Crippen MR) is 57.7 cm³/mol. The van der Waals surface area contributed by atoms with E-state index in [1.54, 1.807) is 0 Å². The summed E-state index contributed by atoms with van der Waals surface area (Å²) >= 11 is 2.89. The molecule has 5 nitrogen and oxygen atoms in total. The number of halogens is 4. The summed E-state index contributed by atoms with van der Waals surface area (Å²) in [6, 6.07) is 0.775. The minimum absolute atomic E-state index is 0.0684. The second kappa shape index (κ2) is 5.42. The molecule has 0 bridgehead atoms. The number of hydrogen-bond acceptors (Lipinski definition) is 3. The molecule has 0 aromatic carbocycles. The lowest BCUT2D eigenvalue weighted by atomic mass is 10.2. The molecular formula is C9H7BrF3NO4. The second-order valence-corrected chi connectivity index (χ2v) is 3.78. The highest BCUT2D eigenvalue weighted by Gasteiger charge is 2.32. The predicted octanol–water partition coefficient (Wildman–Crippen LogP) is 1.80. The average molecular weight is 330 g/mol. The highest BCUT2D eigenvalue weighted by atomic mass is 79.9. The van der Waals surface area contributed by atoms with Crippen LogP contribution in [0.4, 0.5) is 13.2 Å². The van der Waals surface area contributed by atoms with E-state index >= 15 is 0 Å². The van der Waals surface area contributed by atoms with Crippen LogP contribution in [0.25, 0.3) is 0 Å². The van der Waals surface area contributed by atoms with E-state index in [4.69, 9.17) is 5.11 Å². The van der Waals surface area contributed by atoms with Gasteiger partial charge < -0.3 is 14.8 Å². The first-order valence-corrected chi connectivity index (χ1v) is 5.63. The summed E-state index contributed by atoms with van der Waals surface area (Å²) < 4.78 is 40.0. The zero-order chi connectivity index (χ0) is 13.9. The van der Waals surface area contributed by atoms with E-state index in [1.165, 1.54) is 0 Å². The van der Waals surface area contributed by atoms with Crippen molar-refractivity contribution in [1.82, 2.24) is 4.98 Å². The van der Waals surface area contributed by atoms with Gasteiger partial charge in [-0.2, -0.15) is 0 Å². The number of carbonyl (C=O) groups is 1. The summed E-state index contributed by atoms with van der Waals surface area (Å²) in [5, 5.41) is 8.45. The van der Waals surface area contributed by atoms with E-state index in [2.05, 4.69) is 25.7 Å². The van der Waals surface area contributed by atoms with Crippen LogP contribution in [0.15, 0.2) is 10.9 Å². The van der Waals surface area contributed by atoms with Crippen molar-refractivity contribution in [2.24, 2.45) is 0 Å². The molecule has 0 aliphatic carbocycles. The summed E-state index contributed by atoms with van der Waals surface area (Å²) in [7, 11) is 0. The van der Waals surface area contributed by atoms with Crippen molar-refractivity contribution in [3.05, 3.63) is 27.7 Å². The zero-order valence-electron chi connectivity index (χ0n) is 8.68. The average Bonchev–Trinajstić information content (AvgIpc) is 2.19. The number of nitrogens with one attached hydrogen (secondary N) is 1. The number of ether oxygens (including phenoxy) is 1. The van der Waals surface area contributed by atoms with Gasteiger partial charge in [0.15, 0.2) is 0 Å². The normalized spacial score (nSPS) is 11.3. The molecule has 0 amide bonds. The number of aromatic amines is 1. The van der Waals surface area contributed by atoms with Crippen LogP contribution in [-0.4, -0.2) is 22.4 Å². The fourth-order valence-corrected chi connectivity index (χ4v) is 1.62. The monoisotopic (exact) mass is 329 g/mol. The van der Waals surface area contributed by atoms with E-state index in [0.29, 0.717) is 0 Å². The molecule has 18 heavy (non-hydrogen) atoms. The van der Waals surface area contributed by atoms with Gasteiger partial charge in [0.1, 0.15) is 5.75 Å². The third kappa shape index (κ3) is 4.06. The maximum absolute atomic E-state index is 12.1. The Balaban J connectivity index is 3.22. The Labute approximate surface area is 107 Å². The van der Waals surface area contributed by atoms with Crippen molar-refractivity contribution in [2.45, 2.75) is 18.1 Å². The summed E-state index contributed by atoms with van der Waals surface area (Å²) in [5.74, 6) is -1.96. The smallest absolute Gasteiger partial charge is 0.481 e. The lowest BCUT2D eigenvalue weighted by molar-refractivity contribution is -0.275. The van der Waals surface area contributed by atoms with Crippen LogP contribution in [0.5, 0.6) is 5.75 Å². The van der Waals surface area contributed by atoms with Gasteiger partial charge in [-0.15, -0.1) is 13.2 Å². The minimum Gasteiger partial charge on any atom is -0.481 e. The third-order valence-corrected chi connectivity index (χ3v) is 2.42. The number of alkyl halides is 4. The molecule has 0 unspecified atom stereocenters. The van der Waals surface area contributed by atoms with Gasteiger partial charge in [0, 0.05) is 10.9 Å². The molecule has 0 atom stereocenters. The standard InChI is InChI=1S/C9H7BrF3NO4/c10-3-5-6(18-9(11,12)13)1-4(2-7(15)16)8(17)14-5/h1H,2-3H2,(H,14,17)(H,15,16). The first-order valence-electron chi connectivity index (χ1n) is 4.51. The number of H-pyrrole nitrogens is 1. The van der Waals surface area contributed by atoms with Gasteiger partial charge in [-0.05, 0) is 6.07 Å². The quantitative estimate of drug-likeness (QED) is 0.825. The van der Waals surface area contributed by atoms with E-state index in [9.17, 15) is 22.8 Å². The van der Waals surface area contributed by atoms with Gasteiger partial charge in [0.05, 0.1) is 12.1 Å². The van der Waals surface area contributed by atoms with Crippen molar-refractivity contribution in [2.75, 3.05) is 0 Å². The molecule has 0 saturated carbocycles. The van der Waals surface area contributed by atoms with Crippen LogP contribution in [0.3, 0.4) is 0 Å². The molecule has 0 saturated heterocycles. The number of aromatic nitrogens is 1. The van der Waals surface area contributed by atoms with Crippen molar-refractivity contribution in [3.63, 3.8) is 0 Å². The maximum Gasteiger partial charge on any atom is 0.573 e. The third-order valence-electron chi connectivity index (χ3n) is 1.86. The van der Waals surface area contributed by atoms with Crippen LogP contribution in [0.2, 0.25) is 0 Å². The molecule has 1 heterocycles. The number of carboxylic acids is 1. The number of pyridine rings is 1. The van der Waals surface area contributed by atoms with E-state index in [0.717, 1.165) is 6.07 Å². The van der Waals surface area contributed by atoms with Gasteiger partial charge in [0.25, 0.3) is 5.56 Å². The highest BCUT2D eigenvalue weighted by molar-refractivity contribution is 9.08. The number of carboxylic acid groups (broad SMARTS) is 1. The van der Waals surface area contributed by atoms with Crippen molar-refractivity contribution < 1.29 is 27.8 Å². The summed E-state index contributed by atoms with van der Waals surface area (Å²) in [6.07, 6.45) is -5.61. The van der Waals surface area contributed by atoms with E-state index in [1.807, 2.05) is 0 Å². The van der Waals surface area contributed by atoms with Gasteiger partial charge >= 0.3 is 12.3 Å². The second-order valence-electron chi connectivity index (χ2n) is 3.22. The van der Waals surface area contributed by atoms with Crippen LogP contribution >= 0.6 is 15.9 Å². The van der Waals surface area contributed by atoms with Gasteiger partial charge in [0.2, 0.25) is 0 Å². The van der Waals surface area contributed by atoms with E-state index < -0.39 is 30.1 Å². The Morgan fingerprint density at radius 3 is 2.56 bits per heavy atom. The first kappa shape index (κ1) is 14.6. The Hall–Kier alpha value is -1.51. The molecule has 0 radical (unpaired) electrons. The molecular weight excluding hydrogens is 323 g/mol. The van der Waals surface area contributed by atoms with Crippen LogP contribution in [-0.2, 0) is 16.5 Å². The molecule has 100 valence electrons. The van der Waals surface area contributed by atoms with Crippen molar-refractivity contribution in [3.8, 4) is 5.75 Å². The molecule has 0 aliphatic heterocycles. The molecule has 0 aliphatic rings. The zero-order valence-corrected chi connectivity index (χ0v) is 10.3. The Morgan fingerprint density at radius 2 is 2.11 bits per heavy atom. The Kier molecular flexibility index (Phi) is 4.38. The van der Waals surface area contributed by atoms with E-state index in [-0.39, 0.29) is 16.6 Å². The van der Waals surface area contributed by atoms with Gasteiger partial charge in [-0.3, -0.25) is 9.59 Å². The molecule has 9 heteroatoms. The van der Waals surface area contributed by atoms with Crippen molar-refractivity contribution in [1.29, 1.82) is 0 Å². The lowest BCUT2D eigenvalue weighted by Crippen LogP contribution is -2.22. The molecule has 1 aromatic rings. The SMILES string of the molecule is O=C(O)Cc1cc(OC(F)(F)F)c(CBr)[nH]c1=O. The number of rotatable bonds is 4. The maximum atomic E-state index is 12.1. The molecule has 1 aromatic heterocycles. The Morgan fingerprint density at radius 1 is 1.50 bits per heavy atom. The fraction of sp³-hybridized carbons (Fsp3) is 0.333. The van der Waals surface area contributed by atoms with Gasteiger partial charge in [-0.1, -0.05) is 15.9 Å². The van der Waals surface area contributed by atoms with Crippen LogP contribution in [0.1, 0.15) is 11.3 Å². The van der Waals surface area contributed by atoms with Crippen LogP contribution in [0, 0.1) is 0 Å². The molecule has 0 fully saturated rings. The first-order chi connectivity index (χ1) is 8.23. The highest BCUT2D eigenvalue weighted by Crippen LogP contribution is 2.26. The summed E-state index contributed by atoms with van der Waals surface area (Å²) in [5.41, 5.74) is -1.20. The summed E-state index contributed by atoms with van der Waals surface area (Å²) in [4.78, 5) is 24.0. The number of aliphatic carboxylic acids is 1. The molecule has 0 spiro atoms. The summed E-state index contributed by atoms with van der Waals surface area (Å²) in [6.45, 7) is 0. The lowest BCUT2D eigenvalue weighted by Gasteiger charge is -2.12. The Bertz CT molecular complexity index is 512. The van der Waals surface area contributed by atoms with Gasteiger partial charge in [-0.25, -0.2) is 0 Å². The topological polar surface area (TPSA) is 79.4 Å². The largest absolute Gasteiger partial charge is 0.573 e. The number of hydrogen-bond donors (Lipinski definition) is 2. The van der Waals surface area contributed by atoms with Crippen LogP contribution < -0.4 is 10.3 Å². The van der Waals surface area contributed by atoms with Crippen molar-refractivity contribution >= 4 is 21.9 Å². The fourth-order valence-electron chi connectivity index (χ4n) is 1.20. The molecule has 1 rings (SSSR count). The minimum atomic E-state index is -4.92.